The Bertz CT molecular complexity index is 254. The summed E-state index contributed by atoms with van der Waals surface area (Å²) in [6, 6.07) is 0. The Morgan fingerprint density at radius 1 is 1.80 bits per heavy atom. The lowest BCUT2D eigenvalue weighted by Crippen LogP contribution is -2.41. The molecule has 0 saturated heterocycles. The first-order chi connectivity index (χ1) is 7.02. The van der Waals surface area contributed by atoms with Gasteiger partial charge in [0.1, 0.15) is 11.3 Å². The Hall–Kier alpha value is -0.680. The number of rotatable bonds is 5. The lowest BCUT2D eigenvalue weighted by atomic mass is 10.5. The molecule has 6 heteroatoms. The minimum atomic E-state index is -0.183. The molecule has 0 amide bonds. The van der Waals surface area contributed by atoms with Crippen molar-refractivity contribution in [1.29, 1.82) is 5.41 Å². The Kier molecular flexibility index (Phi) is 7.25. The van der Waals surface area contributed by atoms with Crippen LogP contribution in [0.2, 0.25) is 0 Å². The van der Waals surface area contributed by atoms with Gasteiger partial charge in [-0.25, -0.2) is 5.01 Å². The van der Waals surface area contributed by atoms with Crippen molar-refractivity contribution >= 4 is 34.7 Å². The first-order valence-electron chi connectivity index (χ1n) is 4.58. The van der Waals surface area contributed by atoms with Crippen molar-refractivity contribution in [3.63, 3.8) is 0 Å². The van der Waals surface area contributed by atoms with Gasteiger partial charge in [0.15, 0.2) is 5.17 Å². The molecule has 4 nitrogen and oxygen atoms in total. The minimum absolute atomic E-state index is 0.183. The lowest BCUT2D eigenvalue weighted by molar-refractivity contribution is 0.284. The van der Waals surface area contributed by atoms with Gasteiger partial charge in [0.2, 0.25) is 0 Å². The molecule has 0 fully saturated rings. The first-order valence-corrected chi connectivity index (χ1v) is 6.18. The normalized spacial score (nSPS) is 12.5. The average molecular weight is 249 g/mol. The van der Waals surface area contributed by atoms with Crippen LogP contribution in [0.25, 0.3) is 0 Å². The van der Waals surface area contributed by atoms with E-state index in [1.807, 2.05) is 20.1 Å². The molecule has 0 bridgehead atoms. The Labute approximate surface area is 100 Å². The third-order valence-corrected chi connectivity index (χ3v) is 2.25. The Balaban J connectivity index is 4.41. The van der Waals surface area contributed by atoms with Crippen LogP contribution in [-0.2, 0) is 0 Å². The summed E-state index contributed by atoms with van der Waals surface area (Å²) < 4.78 is 0. The standard InChI is InChI=1S/C9H17ClN4S/c1-5-6-12-14(7(2)10)8(3)13-9(11)15-4/h6,8H,2,5H2,1,3-4H3,(H2,11,13)/b12-6-. The Morgan fingerprint density at radius 3 is 2.80 bits per heavy atom. The molecule has 2 N–H and O–H groups in total. The molecule has 15 heavy (non-hydrogen) atoms. The largest absolute Gasteiger partial charge is 0.344 e. The van der Waals surface area contributed by atoms with Crippen molar-refractivity contribution < 1.29 is 0 Å². The highest BCUT2D eigenvalue weighted by molar-refractivity contribution is 8.13. The molecule has 86 valence electrons. The van der Waals surface area contributed by atoms with E-state index < -0.39 is 0 Å². The number of amidine groups is 1. The van der Waals surface area contributed by atoms with Gasteiger partial charge in [0.05, 0.1) is 0 Å². The van der Waals surface area contributed by atoms with Crippen LogP contribution >= 0.6 is 23.4 Å². The molecule has 0 aromatic rings. The molecule has 0 rings (SSSR count). The van der Waals surface area contributed by atoms with Crippen molar-refractivity contribution in [2.24, 2.45) is 5.10 Å². The highest BCUT2D eigenvalue weighted by atomic mass is 35.5. The molecule has 0 heterocycles. The van der Waals surface area contributed by atoms with Gasteiger partial charge >= 0.3 is 0 Å². The van der Waals surface area contributed by atoms with Gasteiger partial charge in [-0.2, -0.15) is 5.10 Å². The predicted octanol–water partition coefficient (Wildman–Crippen LogP) is 2.63. The van der Waals surface area contributed by atoms with E-state index in [0.717, 1.165) is 6.42 Å². The zero-order valence-electron chi connectivity index (χ0n) is 9.25. The number of hydrogen-bond donors (Lipinski definition) is 2. The van der Waals surface area contributed by atoms with Gasteiger partial charge in [-0.05, 0) is 19.6 Å². The number of nitrogens with zero attached hydrogens (tertiary/aromatic N) is 2. The molecule has 1 unspecified atom stereocenters. The van der Waals surface area contributed by atoms with Crippen molar-refractivity contribution in [2.75, 3.05) is 6.26 Å². The maximum absolute atomic E-state index is 7.48. The summed E-state index contributed by atoms with van der Waals surface area (Å²) in [6.07, 6.45) is 4.22. The lowest BCUT2D eigenvalue weighted by Gasteiger charge is -2.26. The average Bonchev–Trinajstić information content (AvgIpc) is 2.17. The molecule has 0 aromatic carbocycles. The van der Waals surface area contributed by atoms with E-state index in [1.54, 1.807) is 6.21 Å². The van der Waals surface area contributed by atoms with Gasteiger partial charge in [0.25, 0.3) is 0 Å². The number of hydrazone groups is 1. The van der Waals surface area contributed by atoms with Crippen LogP contribution in [0.3, 0.4) is 0 Å². The first kappa shape index (κ1) is 14.3. The summed E-state index contributed by atoms with van der Waals surface area (Å²) >= 11 is 7.13. The second-order valence-corrected chi connectivity index (χ2v) is 4.03. The van der Waals surface area contributed by atoms with E-state index in [-0.39, 0.29) is 6.17 Å². The highest BCUT2D eigenvalue weighted by Crippen LogP contribution is 2.11. The summed E-state index contributed by atoms with van der Waals surface area (Å²) in [4.78, 5) is 0. The van der Waals surface area contributed by atoms with Gasteiger partial charge in [0, 0.05) is 6.21 Å². The molecular formula is C9H17ClN4S. The summed E-state index contributed by atoms with van der Waals surface area (Å²) in [5.41, 5.74) is 0. The van der Waals surface area contributed by atoms with Crippen LogP contribution in [0.15, 0.2) is 16.8 Å². The fraction of sp³-hybridized carbons (Fsp3) is 0.556. The maximum Gasteiger partial charge on any atom is 0.155 e. The zero-order valence-corrected chi connectivity index (χ0v) is 10.8. The monoisotopic (exact) mass is 248 g/mol. The highest BCUT2D eigenvalue weighted by Gasteiger charge is 2.13. The predicted molar refractivity (Wildman–Crippen MR) is 69.5 cm³/mol. The van der Waals surface area contributed by atoms with Gasteiger partial charge < -0.3 is 5.32 Å². The fourth-order valence-corrected chi connectivity index (χ4v) is 1.33. The van der Waals surface area contributed by atoms with Gasteiger partial charge in [-0.1, -0.05) is 36.9 Å². The van der Waals surface area contributed by atoms with Gasteiger partial charge in [-0.15, -0.1) is 0 Å². The topological polar surface area (TPSA) is 51.5 Å². The third-order valence-electron chi connectivity index (χ3n) is 1.55. The molecule has 1 atom stereocenters. The van der Waals surface area contributed by atoms with Crippen LogP contribution in [0.1, 0.15) is 20.3 Å². The molecule has 0 spiro atoms. The van der Waals surface area contributed by atoms with Crippen LogP contribution in [-0.4, -0.2) is 28.8 Å². The summed E-state index contributed by atoms with van der Waals surface area (Å²) in [5.74, 6) is 0. The molecule has 0 aliphatic carbocycles. The van der Waals surface area contributed by atoms with Crippen molar-refractivity contribution in [2.45, 2.75) is 26.4 Å². The summed E-state index contributed by atoms with van der Waals surface area (Å²) in [5, 5.41) is 16.8. The van der Waals surface area contributed by atoms with E-state index in [1.165, 1.54) is 16.8 Å². The molecule has 0 saturated carbocycles. The van der Waals surface area contributed by atoms with E-state index in [4.69, 9.17) is 17.0 Å². The fourth-order valence-electron chi connectivity index (χ4n) is 0.852. The molecule has 0 aliphatic heterocycles. The molecule has 0 radical (unpaired) electrons. The van der Waals surface area contributed by atoms with Crippen molar-refractivity contribution in [3.8, 4) is 0 Å². The number of thioether (sulfide) groups is 1. The molecular weight excluding hydrogens is 232 g/mol. The summed E-state index contributed by atoms with van der Waals surface area (Å²) in [7, 11) is 0. The van der Waals surface area contributed by atoms with Crippen LogP contribution < -0.4 is 5.32 Å². The molecule has 0 aliphatic rings. The number of hydrogen-bond acceptors (Lipinski definition) is 4. The van der Waals surface area contributed by atoms with Crippen LogP contribution in [0, 0.1) is 5.41 Å². The minimum Gasteiger partial charge on any atom is -0.344 e. The second-order valence-electron chi connectivity index (χ2n) is 2.78. The van der Waals surface area contributed by atoms with Gasteiger partial charge in [-0.3, -0.25) is 5.41 Å². The summed E-state index contributed by atoms with van der Waals surface area (Å²) in [6.45, 7) is 7.48. The van der Waals surface area contributed by atoms with E-state index >= 15 is 0 Å². The maximum atomic E-state index is 7.48. The zero-order chi connectivity index (χ0) is 11.8. The quantitative estimate of drug-likeness (QED) is 0.259. The molecule has 0 aromatic heterocycles. The van der Waals surface area contributed by atoms with E-state index in [2.05, 4.69) is 17.0 Å². The number of halogens is 1. The van der Waals surface area contributed by atoms with Crippen LogP contribution in [0.5, 0.6) is 0 Å². The number of nitrogens with one attached hydrogen (secondary N) is 2. The second kappa shape index (κ2) is 7.59. The van der Waals surface area contributed by atoms with Crippen molar-refractivity contribution in [3.05, 3.63) is 11.7 Å². The third kappa shape index (κ3) is 5.69. The van der Waals surface area contributed by atoms with Crippen molar-refractivity contribution in [1.82, 2.24) is 10.3 Å². The van der Waals surface area contributed by atoms with E-state index in [9.17, 15) is 0 Å². The smallest absolute Gasteiger partial charge is 0.155 e. The van der Waals surface area contributed by atoms with E-state index in [0.29, 0.717) is 10.3 Å². The van der Waals surface area contributed by atoms with Crippen LogP contribution in [0.4, 0.5) is 0 Å². The Morgan fingerprint density at radius 2 is 2.40 bits per heavy atom. The SMILES string of the molecule is C=C(Cl)N(/N=C\CC)C(C)NC(=N)SC.